The van der Waals surface area contributed by atoms with Crippen LogP contribution in [0, 0.1) is 0 Å². The lowest BCUT2D eigenvalue weighted by molar-refractivity contribution is -0.137. The maximum atomic E-state index is 10.8. The van der Waals surface area contributed by atoms with Gasteiger partial charge in [0.25, 0.3) is 0 Å². The number of carboxylic acids is 1. The van der Waals surface area contributed by atoms with E-state index in [4.69, 9.17) is 5.11 Å². The topological polar surface area (TPSA) is 55.1 Å². The molecule has 1 N–H and O–H groups in total. The smallest absolute Gasteiger partial charge is 0.305 e. The number of aromatic nitrogens is 2. The second-order valence-electron chi connectivity index (χ2n) is 4.57. The first-order chi connectivity index (χ1) is 9.74. The van der Waals surface area contributed by atoms with Crippen molar-refractivity contribution in [2.75, 3.05) is 0 Å². The third kappa shape index (κ3) is 2.58. The van der Waals surface area contributed by atoms with E-state index in [9.17, 15) is 4.79 Å². The molecule has 20 heavy (non-hydrogen) atoms. The van der Waals surface area contributed by atoms with E-state index >= 15 is 0 Å². The summed E-state index contributed by atoms with van der Waals surface area (Å²) in [6.45, 7) is 0.455. The number of carboxylic acid groups (broad SMARTS) is 1. The van der Waals surface area contributed by atoms with Gasteiger partial charge in [0.15, 0.2) is 0 Å². The summed E-state index contributed by atoms with van der Waals surface area (Å²) in [6.07, 6.45) is 0.851. The second-order valence-corrected chi connectivity index (χ2v) is 5.60. The maximum Gasteiger partial charge on any atom is 0.305 e. The number of aliphatic carboxylic acids is 1. The van der Waals surface area contributed by atoms with Gasteiger partial charge in [-0.05, 0) is 23.6 Å². The van der Waals surface area contributed by atoms with Crippen molar-refractivity contribution in [2.24, 2.45) is 0 Å². The molecule has 0 amide bonds. The zero-order chi connectivity index (χ0) is 13.9. The van der Waals surface area contributed by atoms with Crippen LogP contribution in [0.15, 0.2) is 41.8 Å². The van der Waals surface area contributed by atoms with E-state index in [0.29, 0.717) is 6.54 Å². The molecule has 2 aromatic heterocycles. The van der Waals surface area contributed by atoms with Gasteiger partial charge in [-0.3, -0.25) is 4.79 Å². The van der Waals surface area contributed by atoms with Crippen molar-refractivity contribution >= 4 is 28.3 Å². The molecule has 3 rings (SSSR count). The molecule has 3 aromatic rings. The zero-order valence-corrected chi connectivity index (χ0v) is 11.6. The summed E-state index contributed by atoms with van der Waals surface area (Å²) in [7, 11) is 0. The van der Waals surface area contributed by atoms with Gasteiger partial charge in [0.2, 0.25) is 0 Å². The van der Waals surface area contributed by atoms with E-state index in [1.807, 2.05) is 40.3 Å². The fourth-order valence-corrected chi connectivity index (χ4v) is 2.99. The lowest BCUT2D eigenvalue weighted by Crippen LogP contribution is -2.08. The van der Waals surface area contributed by atoms with E-state index in [0.717, 1.165) is 23.3 Å². The Balaban J connectivity index is 2.00. The lowest BCUT2D eigenvalue weighted by atomic mass is 10.3. The van der Waals surface area contributed by atoms with E-state index in [2.05, 4.69) is 11.1 Å². The first-order valence-corrected chi connectivity index (χ1v) is 7.30. The molecular formula is C15H14N2O2S. The number of nitrogens with zero attached hydrogens (tertiary/aromatic N) is 2. The van der Waals surface area contributed by atoms with Gasteiger partial charge in [-0.1, -0.05) is 18.2 Å². The molecule has 0 aliphatic carbocycles. The van der Waals surface area contributed by atoms with Gasteiger partial charge in [0.05, 0.1) is 17.5 Å². The molecule has 0 spiro atoms. The molecule has 4 nitrogen and oxygen atoms in total. The predicted molar refractivity (Wildman–Crippen MR) is 79.1 cm³/mol. The number of aryl methyl sites for hydroxylation is 1. The average Bonchev–Trinajstić information content (AvgIpc) is 3.04. The standard InChI is InChI=1S/C15H14N2O2S/c18-15(19)7-8-17-13-6-2-1-5-12(13)16-14(17)10-11-4-3-9-20-11/h1-6,9H,7-8,10H2,(H,18,19). The van der Waals surface area contributed by atoms with Crippen molar-refractivity contribution < 1.29 is 9.90 Å². The van der Waals surface area contributed by atoms with Gasteiger partial charge < -0.3 is 9.67 Å². The summed E-state index contributed by atoms with van der Waals surface area (Å²) >= 11 is 1.69. The first kappa shape index (κ1) is 12.9. The quantitative estimate of drug-likeness (QED) is 0.784. The first-order valence-electron chi connectivity index (χ1n) is 6.42. The third-order valence-corrected chi connectivity index (χ3v) is 4.07. The van der Waals surface area contributed by atoms with E-state index in [-0.39, 0.29) is 6.42 Å². The number of imidazole rings is 1. The molecule has 1 aromatic carbocycles. The molecule has 102 valence electrons. The Kier molecular flexibility index (Phi) is 3.52. The van der Waals surface area contributed by atoms with Crippen LogP contribution in [0.3, 0.4) is 0 Å². The van der Waals surface area contributed by atoms with Crippen molar-refractivity contribution in [1.82, 2.24) is 9.55 Å². The number of carbonyl (C=O) groups is 1. The zero-order valence-electron chi connectivity index (χ0n) is 10.8. The Morgan fingerprint density at radius 3 is 2.85 bits per heavy atom. The number of rotatable bonds is 5. The molecule has 0 radical (unpaired) electrons. The minimum atomic E-state index is -0.787. The number of hydrogen-bond donors (Lipinski definition) is 1. The van der Waals surface area contributed by atoms with Gasteiger partial charge >= 0.3 is 5.97 Å². The number of para-hydroxylation sites is 2. The molecular weight excluding hydrogens is 272 g/mol. The van der Waals surface area contributed by atoms with Crippen LogP contribution >= 0.6 is 11.3 Å². The summed E-state index contributed by atoms with van der Waals surface area (Å²) in [5, 5.41) is 10.9. The minimum absolute atomic E-state index is 0.109. The molecule has 0 aliphatic heterocycles. The van der Waals surface area contributed by atoms with Crippen LogP contribution in [0.4, 0.5) is 0 Å². The molecule has 0 bridgehead atoms. The number of benzene rings is 1. The summed E-state index contributed by atoms with van der Waals surface area (Å²) in [4.78, 5) is 16.7. The SMILES string of the molecule is O=C(O)CCn1c(Cc2cccs2)nc2ccccc21. The van der Waals surface area contributed by atoms with Gasteiger partial charge in [-0.25, -0.2) is 4.98 Å². The molecule has 0 unspecified atom stereocenters. The molecule has 0 atom stereocenters. The van der Waals surface area contributed by atoms with E-state index in [1.165, 1.54) is 4.88 Å². The van der Waals surface area contributed by atoms with Crippen molar-refractivity contribution in [3.8, 4) is 0 Å². The molecule has 0 saturated carbocycles. The minimum Gasteiger partial charge on any atom is -0.481 e. The van der Waals surface area contributed by atoms with Gasteiger partial charge in [-0.2, -0.15) is 0 Å². The normalized spacial score (nSPS) is 11.0. The van der Waals surface area contributed by atoms with Crippen molar-refractivity contribution in [1.29, 1.82) is 0 Å². The summed E-state index contributed by atoms with van der Waals surface area (Å²) < 4.78 is 2.02. The Bertz CT molecular complexity index is 732. The lowest BCUT2D eigenvalue weighted by Gasteiger charge is -2.06. The summed E-state index contributed by atoms with van der Waals surface area (Å²) in [5.74, 6) is 0.139. The van der Waals surface area contributed by atoms with Crippen LogP contribution in [-0.4, -0.2) is 20.6 Å². The van der Waals surface area contributed by atoms with Crippen LogP contribution in [0.25, 0.3) is 11.0 Å². The largest absolute Gasteiger partial charge is 0.481 e. The van der Waals surface area contributed by atoms with E-state index < -0.39 is 5.97 Å². The highest BCUT2D eigenvalue weighted by Gasteiger charge is 2.12. The van der Waals surface area contributed by atoms with Crippen LogP contribution in [-0.2, 0) is 17.8 Å². The molecule has 2 heterocycles. The van der Waals surface area contributed by atoms with Crippen LogP contribution in [0.2, 0.25) is 0 Å². The van der Waals surface area contributed by atoms with Gasteiger partial charge in [-0.15, -0.1) is 11.3 Å². The van der Waals surface area contributed by atoms with Gasteiger partial charge in [0, 0.05) is 17.8 Å². The maximum absolute atomic E-state index is 10.8. The highest BCUT2D eigenvalue weighted by molar-refractivity contribution is 7.09. The van der Waals surface area contributed by atoms with Gasteiger partial charge in [0.1, 0.15) is 5.82 Å². The van der Waals surface area contributed by atoms with Crippen molar-refractivity contribution in [3.05, 3.63) is 52.5 Å². The van der Waals surface area contributed by atoms with Crippen LogP contribution in [0.5, 0.6) is 0 Å². The fourth-order valence-electron chi connectivity index (χ4n) is 2.29. The third-order valence-electron chi connectivity index (χ3n) is 3.20. The number of hydrogen-bond acceptors (Lipinski definition) is 3. The summed E-state index contributed by atoms with van der Waals surface area (Å²) in [5.41, 5.74) is 1.92. The Hall–Kier alpha value is -2.14. The highest BCUT2D eigenvalue weighted by atomic mass is 32.1. The van der Waals surface area contributed by atoms with E-state index in [1.54, 1.807) is 11.3 Å². The molecule has 0 fully saturated rings. The fraction of sp³-hybridized carbons (Fsp3) is 0.200. The van der Waals surface area contributed by atoms with Crippen molar-refractivity contribution in [3.63, 3.8) is 0 Å². The molecule has 0 aliphatic rings. The molecule has 5 heteroatoms. The van der Waals surface area contributed by atoms with Crippen LogP contribution in [0.1, 0.15) is 17.1 Å². The Morgan fingerprint density at radius 2 is 2.10 bits per heavy atom. The van der Waals surface area contributed by atoms with Crippen LogP contribution < -0.4 is 0 Å². The Morgan fingerprint density at radius 1 is 1.25 bits per heavy atom. The monoisotopic (exact) mass is 286 g/mol. The Labute approximate surface area is 120 Å². The second kappa shape index (κ2) is 5.46. The highest BCUT2D eigenvalue weighted by Crippen LogP contribution is 2.20. The average molecular weight is 286 g/mol. The number of thiophene rings is 1. The van der Waals surface area contributed by atoms with Crippen molar-refractivity contribution in [2.45, 2.75) is 19.4 Å². The number of fused-ring (bicyclic) bond motifs is 1. The molecule has 0 saturated heterocycles. The predicted octanol–water partition coefficient (Wildman–Crippen LogP) is 3.16. The summed E-state index contributed by atoms with van der Waals surface area (Å²) in [6, 6.07) is 11.9.